The number of urea groups is 1. The predicted molar refractivity (Wildman–Crippen MR) is 125 cm³/mol. The molecule has 2 N–H and O–H groups in total. The van der Waals surface area contributed by atoms with Gasteiger partial charge in [0.25, 0.3) is 0 Å². The van der Waals surface area contributed by atoms with Gasteiger partial charge in [-0.2, -0.15) is 4.31 Å². The Morgan fingerprint density at radius 2 is 1.70 bits per heavy atom. The number of alkyl carbamates (subject to hydrolysis) is 1. The summed E-state index contributed by atoms with van der Waals surface area (Å²) in [5.41, 5.74) is 0.250. The highest BCUT2D eigenvalue weighted by Gasteiger charge is 2.27. The van der Waals surface area contributed by atoms with E-state index in [1.165, 1.54) is 0 Å². The van der Waals surface area contributed by atoms with Crippen LogP contribution in [0.5, 0.6) is 0 Å². The molecular weight excluding hydrogens is 444 g/mol. The second-order valence-electron chi connectivity index (χ2n) is 9.70. The van der Waals surface area contributed by atoms with Crippen LogP contribution >= 0.6 is 0 Å². The van der Waals surface area contributed by atoms with Crippen LogP contribution in [0.3, 0.4) is 0 Å². The van der Waals surface area contributed by atoms with E-state index in [2.05, 4.69) is 10.6 Å². The fourth-order valence-corrected chi connectivity index (χ4v) is 5.59. The number of sulfonamides is 1. The van der Waals surface area contributed by atoms with Crippen LogP contribution in [0.15, 0.2) is 29.2 Å². The zero-order chi connectivity index (χ0) is 24.1. The molecule has 2 aliphatic rings. The normalized spacial score (nSPS) is 20.2. The van der Waals surface area contributed by atoms with Crippen molar-refractivity contribution in [1.29, 1.82) is 0 Å². The van der Waals surface area contributed by atoms with Crippen LogP contribution in [-0.4, -0.2) is 67.6 Å². The number of nitrogens with one attached hydrogen (secondary N) is 2. The van der Waals surface area contributed by atoms with Crippen molar-refractivity contribution in [2.75, 3.05) is 26.2 Å². The number of nitrogens with zero attached hydrogens (tertiary/aromatic N) is 2. The molecule has 2 heterocycles. The predicted octanol–water partition coefficient (Wildman–Crippen LogP) is 3.06. The van der Waals surface area contributed by atoms with Crippen LogP contribution in [0.2, 0.25) is 0 Å². The Balaban J connectivity index is 1.49. The van der Waals surface area contributed by atoms with Crippen molar-refractivity contribution >= 4 is 22.1 Å². The number of piperidine rings is 2. The maximum Gasteiger partial charge on any atom is 0.407 e. The molecule has 2 aliphatic heterocycles. The number of hydrogen-bond donors (Lipinski definition) is 2. The monoisotopic (exact) mass is 480 g/mol. The molecule has 2 fully saturated rings. The first-order valence-electron chi connectivity index (χ1n) is 11.7. The minimum atomic E-state index is -3.46. The van der Waals surface area contributed by atoms with Gasteiger partial charge < -0.3 is 20.3 Å². The number of carbonyl (C=O) groups excluding carboxylic acids is 2. The van der Waals surface area contributed by atoms with Gasteiger partial charge in [0.15, 0.2) is 0 Å². The minimum absolute atomic E-state index is 0.154. The van der Waals surface area contributed by atoms with Crippen LogP contribution in [-0.2, 0) is 21.3 Å². The fourth-order valence-electron chi connectivity index (χ4n) is 4.08. The van der Waals surface area contributed by atoms with E-state index in [4.69, 9.17) is 4.74 Å². The molecule has 0 spiro atoms. The first-order valence-corrected chi connectivity index (χ1v) is 13.1. The topological polar surface area (TPSA) is 108 Å². The molecule has 0 saturated carbocycles. The summed E-state index contributed by atoms with van der Waals surface area (Å²) in [6, 6.07) is 6.31. The van der Waals surface area contributed by atoms with Crippen LogP contribution in [0.1, 0.15) is 58.4 Å². The first kappa shape index (κ1) is 25.3. The Bertz CT molecular complexity index is 921. The SMILES string of the molecule is CC(C)(C)OC(=O)NC1CCCN(C(=O)NCc2ccc(S(=O)(=O)N3CCCCC3)cc2)C1. The quantitative estimate of drug-likeness (QED) is 0.673. The van der Waals surface area contributed by atoms with Crippen molar-refractivity contribution in [1.82, 2.24) is 19.8 Å². The molecule has 10 heteroatoms. The Hall–Kier alpha value is -2.33. The lowest BCUT2D eigenvalue weighted by molar-refractivity contribution is 0.0479. The molecule has 0 aliphatic carbocycles. The van der Waals surface area contributed by atoms with Crippen LogP contribution in [0.4, 0.5) is 9.59 Å². The van der Waals surface area contributed by atoms with Crippen molar-refractivity contribution in [3.8, 4) is 0 Å². The van der Waals surface area contributed by atoms with Gasteiger partial charge in [-0.05, 0) is 64.2 Å². The zero-order valence-corrected chi connectivity index (χ0v) is 20.6. The number of rotatable bonds is 5. The van der Waals surface area contributed by atoms with Gasteiger partial charge in [0.1, 0.15) is 5.60 Å². The molecule has 1 unspecified atom stereocenters. The summed E-state index contributed by atoms with van der Waals surface area (Å²) in [4.78, 5) is 26.6. The average Bonchev–Trinajstić information content (AvgIpc) is 2.77. The van der Waals surface area contributed by atoms with Gasteiger partial charge in [-0.1, -0.05) is 18.6 Å². The molecule has 0 bridgehead atoms. The van der Waals surface area contributed by atoms with Crippen LogP contribution in [0, 0.1) is 0 Å². The number of ether oxygens (including phenoxy) is 1. The molecule has 1 aromatic rings. The summed E-state index contributed by atoms with van der Waals surface area (Å²) in [5.74, 6) is 0. The van der Waals surface area contributed by atoms with E-state index in [1.54, 1.807) is 33.5 Å². The number of carbonyl (C=O) groups is 2. The number of benzene rings is 1. The summed E-state index contributed by atoms with van der Waals surface area (Å²) in [6.07, 6.45) is 3.96. The van der Waals surface area contributed by atoms with Crippen molar-refractivity contribution < 1.29 is 22.7 Å². The fraction of sp³-hybridized carbons (Fsp3) is 0.652. The molecule has 0 radical (unpaired) electrons. The van der Waals surface area contributed by atoms with E-state index in [9.17, 15) is 18.0 Å². The molecule has 0 aromatic heterocycles. The molecule has 3 rings (SSSR count). The van der Waals surface area contributed by atoms with E-state index >= 15 is 0 Å². The Kier molecular flexibility index (Phi) is 8.23. The number of amides is 3. The summed E-state index contributed by atoms with van der Waals surface area (Å²) < 4.78 is 32.4. The second kappa shape index (κ2) is 10.7. The van der Waals surface area contributed by atoms with Gasteiger partial charge >= 0.3 is 12.1 Å². The van der Waals surface area contributed by atoms with Gasteiger partial charge in [0.05, 0.1) is 4.90 Å². The van der Waals surface area contributed by atoms with Crippen molar-refractivity contribution in [2.24, 2.45) is 0 Å². The molecule has 1 aromatic carbocycles. The van der Waals surface area contributed by atoms with E-state index < -0.39 is 21.7 Å². The van der Waals surface area contributed by atoms with Crippen molar-refractivity contribution in [3.05, 3.63) is 29.8 Å². The molecular formula is C23H36N4O5S. The lowest BCUT2D eigenvalue weighted by atomic mass is 10.1. The van der Waals surface area contributed by atoms with Gasteiger partial charge in [-0.3, -0.25) is 0 Å². The van der Waals surface area contributed by atoms with E-state index in [-0.39, 0.29) is 17.0 Å². The highest BCUT2D eigenvalue weighted by Crippen LogP contribution is 2.21. The number of hydrogen-bond acceptors (Lipinski definition) is 5. The Labute approximate surface area is 196 Å². The molecule has 184 valence electrons. The molecule has 1 atom stereocenters. The first-order chi connectivity index (χ1) is 15.5. The highest BCUT2D eigenvalue weighted by molar-refractivity contribution is 7.89. The van der Waals surface area contributed by atoms with Crippen molar-refractivity contribution in [2.45, 2.75) is 76.0 Å². The lowest BCUT2D eigenvalue weighted by Crippen LogP contribution is -2.52. The third kappa shape index (κ3) is 7.33. The summed E-state index contributed by atoms with van der Waals surface area (Å²) in [5, 5.41) is 5.72. The largest absolute Gasteiger partial charge is 0.444 e. The van der Waals surface area contributed by atoms with Gasteiger partial charge in [-0.25, -0.2) is 18.0 Å². The molecule has 3 amide bonds. The van der Waals surface area contributed by atoms with Gasteiger partial charge in [0, 0.05) is 38.8 Å². The third-order valence-corrected chi connectivity index (χ3v) is 7.66. The zero-order valence-electron chi connectivity index (χ0n) is 19.8. The minimum Gasteiger partial charge on any atom is -0.444 e. The standard InChI is InChI=1S/C23H36N4O5S/c1-23(2,3)32-22(29)25-19-8-7-13-26(17-19)21(28)24-16-18-9-11-20(12-10-18)33(30,31)27-14-5-4-6-15-27/h9-12,19H,4-8,13-17H2,1-3H3,(H,24,28)(H,25,29). The Morgan fingerprint density at radius 1 is 1.03 bits per heavy atom. The number of likely N-dealkylation sites (tertiary alicyclic amines) is 1. The van der Waals surface area contributed by atoms with E-state index in [0.717, 1.165) is 37.7 Å². The summed E-state index contributed by atoms with van der Waals surface area (Å²) in [6.45, 7) is 7.89. The average molecular weight is 481 g/mol. The lowest BCUT2D eigenvalue weighted by Gasteiger charge is -2.33. The van der Waals surface area contributed by atoms with Crippen LogP contribution in [0.25, 0.3) is 0 Å². The smallest absolute Gasteiger partial charge is 0.407 e. The maximum atomic E-state index is 12.8. The molecule has 33 heavy (non-hydrogen) atoms. The van der Waals surface area contributed by atoms with Gasteiger partial charge in [0.2, 0.25) is 10.0 Å². The molecule has 9 nitrogen and oxygen atoms in total. The summed E-state index contributed by atoms with van der Waals surface area (Å²) in [7, 11) is -3.46. The molecule has 2 saturated heterocycles. The third-order valence-electron chi connectivity index (χ3n) is 5.75. The maximum absolute atomic E-state index is 12.8. The van der Waals surface area contributed by atoms with E-state index in [1.807, 2.05) is 20.8 Å². The highest BCUT2D eigenvalue weighted by atomic mass is 32.2. The van der Waals surface area contributed by atoms with Crippen LogP contribution < -0.4 is 10.6 Å². The summed E-state index contributed by atoms with van der Waals surface area (Å²) >= 11 is 0. The van der Waals surface area contributed by atoms with Gasteiger partial charge in [-0.15, -0.1) is 0 Å². The Morgan fingerprint density at radius 3 is 2.33 bits per heavy atom. The van der Waals surface area contributed by atoms with Crippen molar-refractivity contribution in [3.63, 3.8) is 0 Å². The second-order valence-corrected chi connectivity index (χ2v) is 11.6. The van der Waals surface area contributed by atoms with E-state index in [0.29, 0.717) is 32.7 Å².